The van der Waals surface area contributed by atoms with Gasteiger partial charge in [-0.2, -0.15) is 0 Å². The number of fused-ring (bicyclic) bond motifs is 1. The van der Waals surface area contributed by atoms with E-state index in [4.69, 9.17) is 4.74 Å². The number of nitrogens with zero attached hydrogens (tertiary/aromatic N) is 3. The van der Waals surface area contributed by atoms with Gasteiger partial charge in [-0.3, -0.25) is 4.90 Å². The average molecular weight is 287 g/mol. The molecule has 0 spiro atoms. The van der Waals surface area contributed by atoms with Crippen LogP contribution >= 0.6 is 0 Å². The van der Waals surface area contributed by atoms with Crippen LogP contribution in [0.2, 0.25) is 0 Å². The number of esters is 1. The number of methoxy groups -OCH3 is 1. The number of likely N-dealkylation sites (tertiary alicyclic amines) is 1. The standard InChI is InChI=1S/C16H21N3O2/c1-11(2)18-7-4-5-14(18)15-17-10-13-9-12(16(20)21-3)6-8-19(13)15/h6,8-11,14H,4-5,7H2,1-3H3. The van der Waals surface area contributed by atoms with Crippen molar-refractivity contribution in [1.29, 1.82) is 0 Å². The minimum Gasteiger partial charge on any atom is -0.465 e. The molecule has 0 radical (unpaired) electrons. The summed E-state index contributed by atoms with van der Waals surface area (Å²) in [5.41, 5.74) is 1.49. The second-order valence-corrected chi connectivity index (χ2v) is 5.81. The van der Waals surface area contributed by atoms with E-state index in [0.717, 1.165) is 24.3 Å². The molecule has 1 atom stereocenters. The van der Waals surface area contributed by atoms with Crippen LogP contribution in [-0.4, -0.2) is 40.0 Å². The lowest BCUT2D eigenvalue weighted by Gasteiger charge is -2.27. The Bertz CT molecular complexity index is 663. The van der Waals surface area contributed by atoms with Crippen LogP contribution in [0.3, 0.4) is 0 Å². The maximum atomic E-state index is 11.6. The van der Waals surface area contributed by atoms with E-state index in [0.29, 0.717) is 17.6 Å². The van der Waals surface area contributed by atoms with Gasteiger partial charge in [-0.05, 0) is 45.4 Å². The van der Waals surface area contributed by atoms with Gasteiger partial charge in [0.25, 0.3) is 0 Å². The first-order chi connectivity index (χ1) is 10.1. The Morgan fingerprint density at radius 3 is 3.00 bits per heavy atom. The van der Waals surface area contributed by atoms with Gasteiger partial charge in [0, 0.05) is 12.2 Å². The van der Waals surface area contributed by atoms with Crippen molar-refractivity contribution in [2.45, 2.75) is 38.8 Å². The second-order valence-electron chi connectivity index (χ2n) is 5.81. The Labute approximate surface area is 124 Å². The first kappa shape index (κ1) is 14.1. The number of imidazole rings is 1. The fourth-order valence-corrected chi connectivity index (χ4v) is 3.20. The van der Waals surface area contributed by atoms with E-state index in [-0.39, 0.29) is 5.97 Å². The summed E-state index contributed by atoms with van der Waals surface area (Å²) in [5, 5.41) is 0. The largest absolute Gasteiger partial charge is 0.465 e. The molecule has 2 aromatic rings. The van der Waals surface area contributed by atoms with E-state index >= 15 is 0 Å². The quantitative estimate of drug-likeness (QED) is 0.814. The van der Waals surface area contributed by atoms with Crippen molar-refractivity contribution in [3.8, 4) is 0 Å². The molecular formula is C16H21N3O2. The molecule has 1 unspecified atom stereocenters. The van der Waals surface area contributed by atoms with E-state index in [1.165, 1.54) is 13.5 Å². The molecule has 0 bridgehead atoms. The van der Waals surface area contributed by atoms with Crippen molar-refractivity contribution < 1.29 is 9.53 Å². The Hall–Kier alpha value is -1.88. The molecule has 1 aliphatic rings. The smallest absolute Gasteiger partial charge is 0.337 e. The third-order valence-electron chi connectivity index (χ3n) is 4.24. The number of ether oxygens (including phenoxy) is 1. The molecule has 0 aromatic carbocycles. The van der Waals surface area contributed by atoms with Gasteiger partial charge in [-0.15, -0.1) is 0 Å². The van der Waals surface area contributed by atoms with E-state index in [9.17, 15) is 4.79 Å². The summed E-state index contributed by atoms with van der Waals surface area (Å²) in [4.78, 5) is 18.7. The molecule has 5 heteroatoms. The topological polar surface area (TPSA) is 46.8 Å². The maximum absolute atomic E-state index is 11.6. The van der Waals surface area contributed by atoms with Crippen LogP contribution in [0, 0.1) is 0 Å². The average Bonchev–Trinajstić information content (AvgIpc) is 3.11. The molecule has 1 saturated heterocycles. The third-order valence-corrected chi connectivity index (χ3v) is 4.24. The molecule has 0 aliphatic carbocycles. The van der Waals surface area contributed by atoms with Crippen LogP contribution < -0.4 is 0 Å². The predicted octanol–water partition coefficient (Wildman–Crippen LogP) is 2.67. The minimum atomic E-state index is -0.315. The number of carbonyl (C=O) groups excluding carboxylic acids is 1. The van der Waals surface area contributed by atoms with E-state index in [2.05, 4.69) is 28.1 Å². The highest BCUT2D eigenvalue weighted by atomic mass is 16.5. The van der Waals surface area contributed by atoms with Gasteiger partial charge in [-0.1, -0.05) is 0 Å². The zero-order valence-electron chi connectivity index (χ0n) is 12.7. The van der Waals surface area contributed by atoms with Crippen molar-refractivity contribution in [3.63, 3.8) is 0 Å². The Balaban J connectivity index is 1.99. The zero-order chi connectivity index (χ0) is 15.0. The van der Waals surface area contributed by atoms with Gasteiger partial charge in [-0.25, -0.2) is 9.78 Å². The Morgan fingerprint density at radius 1 is 1.48 bits per heavy atom. The van der Waals surface area contributed by atoms with Gasteiger partial charge in [0.2, 0.25) is 0 Å². The summed E-state index contributed by atoms with van der Waals surface area (Å²) < 4.78 is 6.84. The molecule has 112 valence electrons. The number of rotatable bonds is 3. The molecule has 0 amide bonds. The second kappa shape index (κ2) is 5.48. The Kier molecular flexibility index (Phi) is 3.68. The van der Waals surface area contributed by atoms with Gasteiger partial charge in [0.15, 0.2) is 0 Å². The normalized spacial score (nSPS) is 19.5. The van der Waals surface area contributed by atoms with Crippen molar-refractivity contribution in [3.05, 3.63) is 35.9 Å². The molecule has 1 aliphatic heterocycles. The summed E-state index contributed by atoms with van der Waals surface area (Å²) in [7, 11) is 1.40. The van der Waals surface area contributed by atoms with Crippen molar-refractivity contribution in [1.82, 2.24) is 14.3 Å². The molecule has 5 nitrogen and oxygen atoms in total. The van der Waals surface area contributed by atoms with Gasteiger partial charge in [0.05, 0.1) is 30.4 Å². The van der Waals surface area contributed by atoms with Crippen LogP contribution in [0.1, 0.15) is 48.9 Å². The zero-order valence-corrected chi connectivity index (χ0v) is 12.7. The van der Waals surface area contributed by atoms with E-state index < -0.39 is 0 Å². The molecule has 3 rings (SSSR count). The molecule has 3 heterocycles. The van der Waals surface area contributed by atoms with Crippen molar-refractivity contribution in [2.24, 2.45) is 0 Å². The first-order valence-electron chi connectivity index (χ1n) is 7.43. The monoisotopic (exact) mass is 287 g/mol. The summed E-state index contributed by atoms with van der Waals surface area (Å²) in [6.45, 7) is 5.57. The summed E-state index contributed by atoms with van der Waals surface area (Å²) in [6.07, 6.45) is 6.09. The molecule has 2 aromatic heterocycles. The van der Waals surface area contributed by atoms with Gasteiger partial charge >= 0.3 is 5.97 Å². The molecular weight excluding hydrogens is 266 g/mol. The highest BCUT2D eigenvalue weighted by Crippen LogP contribution is 2.33. The van der Waals surface area contributed by atoms with Crippen LogP contribution in [0.4, 0.5) is 0 Å². The van der Waals surface area contributed by atoms with Crippen LogP contribution in [0.5, 0.6) is 0 Å². The number of carbonyl (C=O) groups is 1. The van der Waals surface area contributed by atoms with Crippen molar-refractivity contribution >= 4 is 11.5 Å². The first-order valence-corrected chi connectivity index (χ1v) is 7.43. The van der Waals surface area contributed by atoms with Gasteiger partial charge in [0.1, 0.15) is 5.82 Å². The molecule has 21 heavy (non-hydrogen) atoms. The fraction of sp³-hybridized carbons (Fsp3) is 0.500. The van der Waals surface area contributed by atoms with Crippen LogP contribution in [0.25, 0.3) is 5.52 Å². The van der Waals surface area contributed by atoms with Crippen molar-refractivity contribution in [2.75, 3.05) is 13.7 Å². The highest BCUT2D eigenvalue weighted by molar-refractivity contribution is 5.90. The summed E-state index contributed by atoms with van der Waals surface area (Å²) in [6, 6.07) is 4.49. The van der Waals surface area contributed by atoms with E-state index in [1.54, 1.807) is 6.07 Å². The molecule has 1 fully saturated rings. The summed E-state index contributed by atoms with van der Waals surface area (Å²) >= 11 is 0. The summed E-state index contributed by atoms with van der Waals surface area (Å²) in [5.74, 6) is 0.748. The fourth-order valence-electron chi connectivity index (χ4n) is 3.20. The lowest BCUT2D eigenvalue weighted by atomic mass is 10.2. The number of hydrogen-bond donors (Lipinski definition) is 0. The number of hydrogen-bond acceptors (Lipinski definition) is 4. The van der Waals surface area contributed by atoms with Gasteiger partial charge < -0.3 is 9.14 Å². The Morgan fingerprint density at radius 2 is 2.29 bits per heavy atom. The lowest BCUT2D eigenvalue weighted by Crippen LogP contribution is -2.31. The van der Waals surface area contributed by atoms with Crippen LogP contribution in [-0.2, 0) is 4.74 Å². The highest BCUT2D eigenvalue weighted by Gasteiger charge is 2.30. The van der Waals surface area contributed by atoms with E-state index in [1.807, 2.05) is 18.5 Å². The molecule has 0 N–H and O–H groups in total. The number of aromatic nitrogens is 2. The third kappa shape index (κ3) is 2.42. The molecule has 0 saturated carbocycles. The predicted molar refractivity (Wildman–Crippen MR) is 80.3 cm³/mol. The lowest BCUT2D eigenvalue weighted by molar-refractivity contribution is 0.0600. The SMILES string of the molecule is COC(=O)c1ccn2c(C3CCCN3C(C)C)ncc2c1. The minimum absolute atomic E-state index is 0.315. The maximum Gasteiger partial charge on any atom is 0.337 e. The van der Waals surface area contributed by atoms with Crippen LogP contribution in [0.15, 0.2) is 24.5 Å². The number of pyridine rings is 1.